The van der Waals surface area contributed by atoms with Crippen LogP contribution in [0.1, 0.15) is 30.4 Å². The molecule has 6 nitrogen and oxygen atoms in total. The van der Waals surface area contributed by atoms with E-state index in [1.165, 1.54) is 0 Å². The monoisotopic (exact) mass is 297 g/mol. The summed E-state index contributed by atoms with van der Waals surface area (Å²) in [6, 6.07) is 7.59. The number of nitrogens with two attached hydrogens (primary N) is 1. The highest BCUT2D eigenvalue weighted by Gasteiger charge is 2.14. The largest absolute Gasteiger partial charge is 0.399 e. The van der Waals surface area contributed by atoms with E-state index in [0.29, 0.717) is 29.0 Å². The van der Waals surface area contributed by atoms with Crippen molar-refractivity contribution in [3.05, 3.63) is 51.7 Å². The maximum absolute atomic E-state index is 12.3. The first-order valence-corrected chi connectivity index (χ1v) is 7.37. The fraction of sp³-hybridized carbons (Fsp3) is 0.312. The normalized spacial score (nSPS) is 11.2. The zero-order valence-electron chi connectivity index (χ0n) is 12.8. The molecule has 0 saturated heterocycles. The van der Waals surface area contributed by atoms with Crippen LogP contribution in [0.25, 0.3) is 11.0 Å². The van der Waals surface area contributed by atoms with Gasteiger partial charge in [0.2, 0.25) is 0 Å². The Morgan fingerprint density at radius 1 is 1.36 bits per heavy atom. The summed E-state index contributed by atoms with van der Waals surface area (Å²) in [5.74, 6) is 0.633. The molecule has 0 spiro atoms. The molecule has 0 aliphatic rings. The number of H-pyrrole nitrogens is 1. The molecule has 3 N–H and O–H groups in total. The summed E-state index contributed by atoms with van der Waals surface area (Å²) in [6.45, 7) is 2.08. The number of aromatic amines is 1. The van der Waals surface area contributed by atoms with Crippen molar-refractivity contribution in [2.45, 2.75) is 26.2 Å². The first-order valence-electron chi connectivity index (χ1n) is 7.37. The quantitative estimate of drug-likeness (QED) is 0.718. The molecule has 3 rings (SSSR count). The van der Waals surface area contributed by atoms with Gasteiger partial charge in [-0.05, 0) is 24.1 Å². The summed E-state index contributed by atoms with van der Waals surface area (Å²) in [5, 5.41) is 4.42. The van der Waals surface area contributed by atoms with Gasteiger partial charge in [0, 0.05) is 19.2 Å². The van der Waals surface area contributed by atoms with E-state index in [9.17, 15) is 4.79 Å². The fourth-order valence-corrected chi connectivity index (χ4v) is 2.68. The number of nitrogen functional groups attached to an aromatic ring is 1. The van der Waals surface area contributed by atoms with E-state index >= 15 is 0 Å². The Labute approximate surface area is 128 Å². The number of aryl methyl sites for hydroxylation is 2. The van der Waals surface area contributed by atoms with Crippen LogP contribution >= 0.6 is 0 Å². The lowest BCUT2D eigenvalue weighted by molar-refractivity contribution is 0.750. The first kappa shape index (κ1) is 14.3. The maximum atomic E-state index is 12.3. The van der Waals surface area contributed by atoms with Crippen molar-refractivity contribution in [1.29, 1.82) is 0 Å². The maximum Gasteiger partial charge on any atom is 0.277 e. The molecule has 0 bridgehead atoms. The highest BCUT2D eigenvalue weighted by molar-refractivity contribution is 5.76. The van der Waals surface area contributed by atoms with Crippen LogP contribution in [-0.4, -0.2) is 19.7 Å². The van der Waals surface area contributed by atoms with E-state index in [4.69, 9.17) is 5.73 Å². The second-order valence-electron chi connectivity index (χ2n) is 5.45. The highest BCUT2D eigenvalue weighted by Crippen LogP contribution is 2.15. The van der Waals surface area contributed by atoms with Gasteiger partial charge in [-0.2, -0.15) is 5.10 Å². The Morgan fingerprint density at radius 2 is 2.18 bits per heavy atom. The number of fused-ring (bicyclic) bond motifs is 1. The Kier molecular flexibility index (Phi) is 3.66. The number of hydrogen-bond donors (Lipinski definition) is 2. The highest BCUT2D eigenvalue weighted by atomic mass is 16.1. The van der Waals surface area contributed by atoms with E-state index in [2.05, 4.69) is 22.0 Å². The molecule has 114 valence electrons. The molecule has 6 heteroatoms. The smallest absolute Gasteiger partial charge is 0.277 e. The predicted molar refractivity (Wildman–Crippen MR) is 86.8 cm³/mol. The molecular weight excluding hydrogens is 278 g/mol. The number of anilines is 1. The van der Waals surface area contributed by atoms with Crippen LogP contribution in [0.4, 0.5) is 5.69 Å². The second-order valence-corrected chi connectivity index (χ2v) is 5.45. The van der Waals surface area contributed by atoms with Gasteiger partial charge >= 0.3 is 0 Å². The molecule has 2 aromatic heterocycles. The summed E-state index contributed by atoms with van der Waals surface area (Å²) >= 11 is 0. The molecule has 0 saturated carbocycles. The lowest BCUT2D eigenvalue weighted by Crippen LogP contribution is -2.14. The number of rotatable bonds is 4. The van der Waals surface area contributed by atoms with Gasteiger partial charge in [-0.25, -0.2) is 4.98 Å². The molecule has 0 amide bonds. The number of aromatic nitrogens is 4. The van der Waals surface area contributed by atoms with Crippen LogP contribution < -0.4 is 11.3 Å². The van der Waals surface area contributed by atoms with Crippen molar-refractivity contribution >= 4 is 16.7 Å². The molecule has 22 heavy (non-hydrogen) atoms. The molecule has 0 atom stereocenters. The van der Waals surface area contributed by atoms with Crippen molar-refractivity contribution in [2.24, 2.45) is 7.05 Å². The van der Waals surface area contributed by atoms with Crippen LogP contribution in [0.3, 0.4) is 0 Å². The van der Waals surface area contributed by atoms with Gasteiger partial charge in [0.15, 0.2) is 5.52 Å². The second kappa shape index (κ2) is 5.63. The molecule has 3 aromatic rings. The molecule has 0 aliphatic heterocycles. The van der Waals surface area contributed by atoms with Crippen LogP contribution in [0, 0.1) is 0 Å². The van der Waals surface area contributed by atoms with Crippen molar-refractivity contribution in [2.75, 3.05) is 5.73 Å². The lowest BCUT2D eigenvalue weighted by Gasteiger charge is -2.03. The minimum absolute atomic E-state index is 0.152. The topological polar surface area (TPSA) is 89.6 Å². The van der Waals surface area contributed by atoms with Crippen molar-refractivity contribution in [1.82, 2.24) is 19.7 Å². The zero-order chi connectivity index (χ0) is 15.7. The van der Waals surface area contributed by atoms with Crippen LogP contribution in [0.15, 0.2) is 29.1 Å². The number of benzene rings is 1. The molecule has 2 heterocycles. The van der Waals surface area contributed by atoms with E-state index < -0.39 is 0 Å². The van der Waals surface area contributed by atoms with E-state index in [-0.39, 0.29) is 5.56 Å². The fourth-order valence-electron chi connectivity index (χ4n) is 2.68. The Hall–Kier alpha value is -2.63. The molecule has 0 fully saturated rings. The summed E-state index contributed by atoms with van der Waals surface area (Å²) in [5.41, 5.74) is 9.47. The van der Waals surface area contributed by atoms with Crippen LogP contribution in [0.2, 0.25) is 0 Å². The third-order valence-corrected chi connectivity index (χ3v) is 3.62. The zero-order valence-corrected chi connectivity index (χ0v) is 12.8. The average molecular weight is 297 g/mol. The van der Waals surface area contributed by atoms with Gasteiger partial charge in [0.25, 0.3) is 5.56 Å². The Bertz CT molecular complexity index is 878. The summed E-state index contributed by atoms with van der Waals surface area (Å²) in [4.78, 5) is 19.8. The van der Waals surface area contributed by atoms with E-state index in [0.717, 1.165) is 24.1 Å². The number of hydrogen-bond acceptors (Lipinski definition) is 4. The third-order valence-electron chi connectivity index (χ3n) is 3.62. The Balaban J connectivity index is 2.08. The lowest BCUT2D eigenvalue weighted by atomic mass is 10.1. The third kappa shape index (κ3) is 2.59. The van der Waals surface area contributed by atoms with Gasteiger partial charge in [-0.1, -0.05) is 25.5 Å². The molecular formula is C16H19N5O. The Morgan fingerprint density at radius 3 is 2.91 bits per heavy atom. The van der Waals surface area contributed by atoms with Gasteiger partial charge in [0.1, 0.15) is 11.3 Å². The van der Waals surface area contributed by atoms with E-state index in [1.807, 2.05) is 24.3 Å². The molecule has 1 aromatic carbocycles. The molecule has 0 unspecified atom stereocenters. The van der Waals surface area contributed by atoms with Gasteiger partial charge in [-0.3, -0.25) is 9.48 Å². The minimum atomic E-state index is -0.152. The van der Waals surface area contributed by atoms with Crippen LogP contribution in [0.5, 0.6) is 0 Å². The van der Waals surface area contributed by atoms with E-state index in [1.54, 1.807) is 11.7 Å². The number of nitrogens with zero attached hydrogens (tertiary/aromatic N) is 3. The summed E-state index contributed by atoms with van der Waals surface area (Å²) < 4.78 is 1.61. The summed E-state index contributed by atoms with van der Waals surface area (Å²) in [6.07, 6.45) is 2.31. The van der Waals surface area contributed by atoms with Crippen LogP contribution in [-0.2, 0) is 19.9 Å². The van der Waals surface area contributed by atoms with Crippen molar-refractivity contribution < 1.29 is 0 Å². The first-order chi connectivity index (χ1) is 10.6. The summed E-state index contributed by atoms with van der Waals surface area (Å²) in [7, 11) is 1.77. The SMILES string of the molecule is CCCc1nn(C)c2c(=O)[nH]c(Cc3cccc(N)c3)nc12. The minimum Gasteiger partial charge on any atom is -0.399 e. The average Bonchev–Trinajstić information content (AvgIpc) is 2.76. The standard InChI is InChI=1S/C16H19N5O/c1-3-5-12-14-15(21(2)20-12)16(22)19-13(18-14)9-10-6-4-7-11(17)8-10/h4,6-8H,3,5,9,17H2,1-2H3,(H,18,19,22). The molecule has 0 aliphatic carbocycles. The van der Waals surface area contributed by atoms with Gasteiger partial charge in [0.05, 0.1) is 5.69 Å². The molecule has 0 radical (unpaired) electrons. The van der Waals surface area contributed by atoms with Gasteiger partial charge in [-0.15, -0.1) is 0 Å². The van der Waals surface area contributed by atoms with Crippen molar-refractivity contribution in [3.8, 4) is 0 Å². The predicted octanol–water partition coefficient (Wildman–Crippen LogP) is 1.78. The van der Waals surface area contributed by atoms with Crippen molar-refractivity contribution in [3.63, 3.8) is 0 Å². The van der Waals surface area contributed by atoms with Gasteiger partial charge < -0.3 is 10.7 Å². The number of nitrogens with one attached hydrogen (secondary N) is 1.